The zero-order valence-electron chi connectivity index (χ0n) is 13.3. The van der Waals surface area contributed by atoms with E-state index in [2.05, 4.69) is 10.1 Å². The molecule has 9 heteroatoms. The first-order valence-electron chi connectivity index (χ1n) is 7.12. The van der Waals surface area contributed by atoms with Crippen molar-refractivity contribution in [3.63, 3.8) is 0 Å². The Kier molecular flexibility index (Phi) is 5.02. The number of halogens is 3. The molecule has 0 fully saturated rings. The molecule has 0 saturated heterocycles. The van der Waals surface area contributed by atoms with Crippen LogP contribution in [0, 0.1) is 11.3 Å². The van der Waals surface area contributed by atoms with Gasteiger partial charge in [0.1, 0.15) is 6.54 Å². The van der Waals surface area contributed by atoms with Crippen LogP contribution in [0.25, 0.3) is 0 Å². The number of nitrogens with zero attached hydrogens (tertiary/aromatic N) is 2. The molecule has 0 aromatic heterocycles. The molecule has 0 spiro atoms. The van der Waals surface area contributed by atoms with Gasteiger partial charge in [-0.05, 0) is 24.6 Å². The Labute approximate surface area is 141 Å². The highest BCUT2D eigenvalue weighted by molar-refractivity contribution is 5.95. The second kappa shape index (κ2) is 6.84. The van der Waals surface area contributed by atoms with Crippen molar-refractivity contribution in [3.8, 4) is 6.07 Å². The monoisotopic (exact) mass is 353 g/mol. The first kappa shape index (κ1) is 18.3. The average Bonchev–Trinajstić information content (AvgIpc) is 2.56. The van der Waals surface area contributed by atoms with E-state index in [0.717, 1.165) is 7.11 Å². The fourth-order valence-electron chi connectivity index (χ4n) is 2.56. The summed E-state index contributed by atoms with van der Waals surface area (Å²) < 4.78 is 42.8. The van der Waals surface area contributed by atoms with Crippen LogP contribution in [-0.2, 0) is 9.53 Å². The molecule has 1 heterocycles. The number of esters is 1. The summed E-state index contributed by atoms with van der Waals surface area (Å²) >= 11 is 0. The molecule has 1 N–H and O–H groups in total. The van der Waals surface area contributed by atoms with Crippen molar-refractivity contribution in [2.24, 2.45) is 0 Å². The molecule has 25 heavy (non-hydrogen) atoms. The summed E-state index contributed by atoms with van der Waals surface area (Å²) in [6.07, 6.45) is -4.63. The lowest BCUT2D eigenvalue weighted by atomic mass is 9.94. The second-order valence-corrected chi connectivity index (χ2v) is 5.31. The van der Waals surface area contributed by atoms with Gasteiger partial charge in [-0.2, -0.15) is 18.4 Å². The van der Waals surface area contributed by atoms with Gasteiger partial charge in [-0.3, -0.25) is 4.90 Å². The van der Waals surface area contributed by atoms with Gasteiger partial charge in [0.15, 0.2) is 0 Å². The minimum absolute atomic E-state index is 0.124. The third-order valence-electron chi connectivity index (χ3n) is 3.69. The fraction of sp³-hybridized carbons (Fsp3) is 0.312. The Hall–Kier alpha value is -3.02. The molecule has 0 bridgehead atoms. The van der Waals surface area contributed by atoms with Gasteiger partial charge >= 0.3 is 18.2 Å². The summed E-state index contributed by atoms with van der Waals surface area (Å²) in [6.45, 7) is -0.284. The van der Waals surface area contributed by atoms with Crippen molar-refractivity contribution >= 4 is 12.0 Å². The summed E-state index contributed by atoms with van der Waals surface area (Å²) in [6, 6.07) is 5.99. The van der Waals surface area contributed by atoms with Gasteiger partial charge in [0.25, 0.3) is 0 Å². The number of urea groups is 1. The maximum Gasteiger partial charge on any atom is 0.406 e. The zero-order valence-corrected chi connectivity index (χ0v) is 13.3. The predicted octanol–water partition coefficient (Wildman–Crippen LogP) is 2.63. The van der Waals surface area contributed by atoms with Gasteiger partial charge in [-0.15, -0.1) is 0 Å². The molecule has 6 nitrogen and oxygen atoms in total. The fourth-order valence-corrected chi connectivity index (χ4v) is 2.56. The molecule has 1 aliphatic heterocycles. The van der Waals surface area contributed by atoms with E-state index in [9.17, 15) is 22.8 Å². The molecular weight excluding hydrogens is 339 g/mol. The van der Waals surface area contributed by atoms with Crippen molar-refractivity contribution < 1.29 is 27.5 Å². The van der Waals surface area contributed by atoms with E-state index < -0.39 is 30.8 Å². The summed E-state index contributed by atoms with van der Waals surface area (Å²) in [5.74, 6) is -0.864. The Morgan fingerprint density at radius 2 is 2.12 bits per heavy atom. The van der Waals surface area contributed by atoms with Crippen LogP contribution in [0.15, 0.2) is 35.5 Å². The molecule has 1 atom stereocenters. The highest BCUT2D eigenvalue weighted by Crippen LogP contribution is 2.33. The molecular formula is C16H14F3N3O3. The summed E-state index contributed by atoms with van der Waals surface area (Å²) in [7, 11) is 1.09. The van der Waals surface area contributed by atoms with Crippen molar-refractivity contribution in [2.75, 3.05) is 13.7 Å². The van der Waals surface area contributed by atoms with Crippen LogP contribution in [0.2, 0.25) is 0 Å². The summed E-state index contributed by atoms with van der Waals surface area (Å²) in [4.78, 5) is 24.7. The van der Waals surface area contributed by atoms with Crippen LogP contribution in [-0.4, -0.2) is 36.7 Å². The highest BCUT2D eigenvalue weighted by Gasteiger charge is 2.41. The Morgan fingerprint density at radius 1 is 1.44 bits per heavy atom. The topological polar surface area (TPSA) is 82.4 Å². The molecule has 0 saturated carbocycles. The van der Waals surface area contributed by atoms with E-state index >= 15 is 0 Å². The first-order valence-corrected chi connectivity index (χ1v) is 7.12. The number of amides is 2. The predicted molar refractivity (Wildman–Crippen MR) is 79.9 cm³/mol. The number of hydrogen-bond donors (Lipinski definition) is 1. The smallest absolute Gasteiger partial charge is 0.406 e. The number of hydrogen-bond acceptors (Lipinski definition) is 4. The third-order valence-corrected chi connectivity index (χ3v) is 3.69. The molecule has 0 radical (unpaired) electrons. The van der Waals surface area contributed by atoms with Gasteiger partial charge in [-0.1, -0.05) is 12.1 Å². The lowest BCUT2D eigenvalue weighted by molar-refractivity contribution is -0.140. The van der Waals surface area contributed by atoms with Crippen molar-refractivity contribution in [2.45, 2.75) is 19.1 Å². The minimum atomic E-state index is -4.63. The number of nitrogens with one attached hydrogen (secondary N) is 1. The van der Waals surface area contributed by atoms with Crippen molar-refractivity contribution in [1.82, 2.24) is 10.2 Å². The van der Waals surface area contributed by atoms with Gasteiger partial charge in [0, 0.05) is 5.70 Å². The van der Waals surface area contributed by atoms with E-state index in [1.165, 1.54) is 19.1 Å². The highest BCUT2D eigenvalue weighted by atomic mass is 19.4. The van der Waals surface area contributed by atoms with E-state index in [1.807, 2.05) is 6.07 Å². The molecule has 1 aromatic carbocycles. The zero-order chi connectivity index (χ0) is 18.8. The van der Waals surface area contributed by atoms with Crippen LogP contribution in [0.3, 0.4) is 0 Å². The van der Waals surface area contributed by atoms with Crippen LogP contribution in [0.5, 0.6) is 0 Å². The minimum Gasteiger partial charge on any atom is -0.466 e. The first-order chi connectivity index (χ1) is 11.7. The maximum absolute atomic E-state index is 12.7. The normalized spacial score (nSPS) is 17.8. The van der Waals surface area contributed by atoms with Gasteiger partial charge in [0.2, 0.25) is 0 Å². The van der Waals surface area contributed by atoms with E-state index in [0.29, 0.717) is 10.5 Å². The molecule has 1 aromatic rings. The van der Waals surface area contributed by atoms with Crippen LogP contribution >= 0.6 is 0 Å². The molecule has 132 valence electrons. The Bertz CT molecular complexity index is 781. The maximum atomic E-state index is 12.7. The molecule has 0 aliphatic carbocycles. The summed E-state index contributed by atoms with van der Waals surface area (Å²) in [5.41, 5.74) is 0.395. The van der Waals surface area contributed by atoms with Crippen LogP contribution in [0.1, 0.15) is 24.1 Å². The lowest BCUT2D eigenvalue weighted by Crippen LogP contribution is -2.50. The van der Waals surface area contributed by atoms with Crippen LogP contribution < -0.4 is 5.32 Å². The number of carbonyl (C=O) groups is 2. The standard InChI is InChI=1S/C16H14F3N3O3/c1-9-12(14(23)25-2)13(11-5-3-4-10(6-11)7-20)21-15(24)22(9)8-16(17,18)19/h3-6,13H,8H2,1-2H3,(H,21,24)/t13-/m1/s1. The quantitative estimate of drug-likeness (QED) is 0.847. The number of rotatable bonds is 3. The average molecular weight is 353 g/mol. The molecule has 1 aliphatic rings. The van der Waals surface area contributed by atoms with Crippen LogP contribution in [0.4, 0.5) is 18.0 Å². The van der Waals surface area contributed by atoms with Crippen molar-refractivity contribution in [1.29, 1.82) is 5.26 Å². The number of carbonyl (C=O) groups excluding carboxylic acids is 2. The number of methoxy groups -OCH3 is 1. The molecule has 2 amide bonds. The molecule has 0 unspecified atom stereocenters. The van der Waals surface area contributed by atoms with Gasteiger partial charge in [0.05, 0.1) is 30.4 Å². The van der Waals surface area contributed by atoms with E-state index in [-0.39, 0.29) is 16.8 Å². The van der Waals surface area contributed by atoms with Gasteiger partial charge < -0.3 is 10.1 Å². The Morgan fingerprint density at radius 3 is 2.68 bits per heavy atom. The van der Waals surface area contributed by atoms with E-state index in [4.69, 9.17) is 5.26 Å². The number of ether oxygens (including phenoxy) is 1. The SMILES string of the molecule is COC(=O)C1=C(C)N(CC(F)(F)F)C(=O)N[C@@H]1c1cccc(C#N)c1. The van der Waals surface area contributed by atoms with Crippen molar-refractivity contribution in [3.05, 3.63) is 46.7 Å². The Balaban J connectivity index is 2.55. The number of nitriles is 1. The third kappa shape index (κ3) is 3.91. The lowest BCUT2D eigenvalue weighted by Gasteiger charge is -2.35. The number of alkyl halides is 3. The number of allylic oxidation sites excluding steroid dienone is 1. The van der Waals surface area contributed by atoms with Gasteiger partial charge in [-0.25, -0.2) is 9.59 Å². The number of benzene rings is 1. The summed E-state index contributed by atoms with van der Waals surface area (Å²) in [5, 5.41) is 11.4. The largest absolute Gasteiger partial charge is 0.466 e. The molecule has 2 rings (SSSR count). The van der Waals surface area contributed by atoms with E-state index in [1.54, 1.807) is 12.1 Å². The second-order valence-electron chi connectivity index (χ2n) is 5.31.